The molecular formula is C10H9FN4. The standard InChI is InChI=1S/C10H9FN4/c11-8-4-2-1-3-7(8)9-6-13-15-10(5-12)14-9/h1-4,6H,5,12H2. The van der Waals surface area contributed by atoms with Crippen LogP contribution in [-0.2, 0) is 6.54 Å². The summed E-state index contributed by atoms with van der Waals surface area (Å²) in [6.07, 6.45) is 1.41. The number of rotatable bonds is 2. The van der Waals surface area contributed by atoms with Crippen LogP contribution in [0.5, 0.6) is 0 Å². The van der Waals surface area contributed by atoms with Gasteiger partial charge in [0.1, 0.15) is 5.82 Å². The normalized spacial score (nSPS) is 10.3. The molecule has 76 valence electrons. The third-order valence-electron chi connectivity index (χ3n) is 1.94. The van der Waals surface area contributed by atoms with Gasteiger partial charge in [-0.3, -0.25) is 0 Å². The molecule has 2 aromatic rings. The Kier molecular flexibility index (Phi) is 2.64. The summed E-state index contributed by atoms with van der Waals surface area (Å²) in [5.74, 6) is 0.0664. The van der Waals surface area contributed by atoms with E-state index in [2.05, 4.69) is 15.2 Å². The summed E-state index contributed by atoms with van der Waals surface area (Å²) in [6.45, 7) is 0.190. The van der Waals surface area contributed by atoms with Crippen molar-refractivity contribution in [3.63, 3.8) is 0 Å². The predicted molar refractivity (Wildman–Crippen MR) is 53.1 cm³/mol. The summed E-state index contributed by atoms with van der Waals surface area (Å²) >= 11 is 0. The van der Waals surface area contributed by atoms with Crippen molar-refractivity contribution in [3.05, 3.63) is 42.1 Å². The molecule has 1 heterocycles. The van der Waals surface area contributed by atoms with E-state index in [1.807, 2.05) is 0 Å². The van der Waals surface area contributed by atoms with Crippen LogP contribution in [0, 0.1) is 5.82 Å². The highest BCUT2D eigenvalue weighted by atomic mass is 19.1. The maximum Gasteiger partial charge on any atom is 0.165 e. The van der Waals surface area contributed by atoms with Crippen LogP contribution in [0.2, 0.25) is 0 Å². The SMILES string of the molecule is NCc1nncc(-c2ccccc2F)n1. The summed E-state index contributed by atoms with van der Waals surface area (Å²) < 4.78 is 13.4. The maximum absolute atomic E-state index is 13.4. The van der Waals surface area contributed by atoms with Crippen molar-refractivity contribution in [1.82, 2.24) is 15.2 Å². The highest BCUT2D eigenvalue weighted by Gasteiger charge is 2.06. The fourth-order valence-electron chi connectivity index (χ4n) is 1.23. The van der Waals surface area contributed by atoms with Crippen molar-refractivity contribution in [3.8, 4) is 11.3 Å². The van der Waals surface area contributed by atoms with Gasteiger partial charge >= 0.3 is 0 Å². The van der Waals surface area contributed by atoms with E-state index in [1.54, 1.807) is 18.2 Å². The van der Waals surface area contributed by atoms with Crippen LogP contribution < -0.4 is 5.73 Å². The quantitative estimate of drug-likeness (QED) is 0.796. The van der Waals surface area contributed by atoms with Gasteiger partial charge in [-0.1, -0.05) is 12.1 Å². The molecule has 2 N–H and O–H groups in total. The van der Waals surface area contributed by atoms with Crippen LogP contribution in [0.4, 0.5) is 4.39 Å². The average molecular weight is 204 g/mol. The molecule has 0 saturated heterocycles. The van der Waals surface area contributed by atoms with Crippen molar-refractivity contribution in [1.29, 1.82) is 0 Å². The first-order valence-electron chi connectivity index (χ1n) is 4.45. The minimum absolute atomic E-state index is 0.190. The summed E-state index contributed by atoms with van der Waals surface area (Å²) in [5, 5.41) is 7.42. The zero-order chi connectivity index (χ0) is 10.7. The Morgan fingerprint density at radius 2 is 2.07 bits per heavy atom. The van der Waals surface area contributed by atoms with Gasteiger partial charge in [0.05, 0.1) is 18.4 Å². The van der Waals surface area contributed by atoms with Crippen LogP contribution in [0.25, 0.3) is 11.3 Å². The van der Waals surface area contributed by atoms with E-state index in [9.17, 15) is 4.39 Å². The Hall–Kier alpha value is -1.88. The molecule has 0 aliphatic carbocycles. The lowest BCUT2D eigenvalue weighted by Gasteiger charge is -2.02. The zero-order valence-electron chi connectivity index (χ0n) is 7.89. The second-order valence-electron chi connectivity index (χ2n) is 2.94. The van der Waals surface area contributed by atoms with Crippen LogP contribution in [-0.4, -0.2) is 15.2 Å². The lowest BCUT2D eigenvalue weighted by molar-refractivity contribution is 0.630. The number of hydrogen-bond acceptors (Lipinski definition) is 4. The van der Waals surface area contributed by atoms with E-state index in [1.165, 1.54) is 12.3 Å². The van der Waals surface area contributed by atoms with E-state index in [4.69, 9.17) is 5.73 Å². The Morgan fingerprint density at radius 3 is 2.80 bits per heavy atom. The molecule has 5 heteroatoms. The number of hydrogen-bond donors (Lipinski definition) is 1. The van der Waals surface area contributed by atoms with E-state index in [-0.39, 0.29) is 12.4 Å². The lowest BCUT2D eigenvalue weighted by atomic mass is 10.1. The summed E-state index contributed by atoms with van der Waals surface area (Å²) in [4.78, 5) is 4.08. The van der Waals surface area contributed by atoms with Crippen molar-refractivity contribution >= 4 is 0 Å². The lowest BCUT2D eigenvalue weighted by Crippen LogP contribution is -2.05. The first kappa shape index (κ1) is 9.67. The molecule has 0 aliphatic rings. The molecule has 1 aromatic carbocycles. The van der Waals surface area contributed by atoms with Gasteiger partial charge in [-0.05, 0) is 12.1 Å². The molecule has 0 radical (unpaired) electrons. The van der Waals surface area contributed by atoms with Gasteiger partial charge in [0.2, 0.25) is 0 Å². The second-order valence-corrected chi connectivity index (χ2v) is 2.94. The number of aromatic nitrogens is 3. The van der Waals surface area contributed by atoms with Crippen molar-refractivity contribution < 1.29 is 4.39 Å². The van der Waals surface area contributed by atoms with Crippen molar-refractivity contribution in [2.24, 2.45) is 5.73 Å². The first-order chi connectivity index (χ1) is 7.31. The van der Waals surface area contributed by atoms with Crippen LogP contribution in [0.3, 0.4) is 0 Å². The highest BCUT2D eigenvalue weighted by molar-refractivity contribution is 5.58. The van der Waals surface area contributed by atoms with Gasteiger partial charge in [-0.15, -0.1) is 5.10 Å². The van der Waals surface area contributed by atoms with Gasteiger partial charge < -0.3 is 5.73 Å². The average Bonchev–Trinajstić information content (AvgIpc) is 2.30. The monoisotopic (exact) mass is 204 g/mol. The Labute approximate surface area is 86.0 Å². The largest absolute Gasteiger partial charge is 0.324 e. The maximum atomic E-state index is 13.4. The predicted octanol–water partition coefficient (Wildman–Crippen LogP) is 1.14. The summed E-state index contributed by atoms with van der Waals surface area (Å²) in [6, 6.07) is 6.37. The molecular weight excluding hydrogens is 195 g/mol. The number of benzene rings is 1. The number of nitrogens with zero attached hydrogens (tertiary/aromatic N) is 3. The van der Waals surface area contributed by atoms with Crippen LogP contribution >= 0.6 is 0 Å². The van der Waals surface area contributed by atoms with E-state index in [0.717, 1.165) is 0 Å². The van der Waals surface area contributed by atoms with Gasteiger partial charge in [-0.2, -0.15) is 5.10 Å². The van der Waals surface area contributed by atoms with Gasteiger partial charge in [0, 0.05) is 5.56 Å². The first-order valence-corrected chi connectivity index (χ1v) is 4.45. The van der Waals surface area contributed by atoms with E-state index in [0.29, 0.717) is 17.1 Å². The number of nitrogens with two attached hydrogens (primary N) is 1. The molecule has 4 nitrogen and oxygen atoms in total. The highest BCUT2D eigenvalue weighted by Crippen LogP contribution is 2.18. The Bertz CT molecular complexity index is 472. The van der Waals surface area contributed by atoms with Crippen molar-refractivity contribution in [2.45, 2.75) is 6.54 Å². The minimum Gasteiger partial charge on any atom is -0.324 e. The molecule has 0 fully saturated rings. The molecule has 0 unspecified atom stereocenters. The zero-order valence-corrected chi connectivity index (χ0v) is 7.89. The van der Waals surface area contributed by atoms with Gasteiger partial charge in [0.25, 0.3) is 0 Å². The third-order valence-corrected chi connectivity index (χ3v) is 1.94. The second kappa shape index (κ2) is 4.10. The molecule has 0 amide bonds. The molecule has 0 saturated carbocycles. The van der Waals surface area contributed by atoms with E-state index < -0.39 is 0 Å². The molecule has 15 heavy (non-hydrogen) atoms. The topological polar surface area (TPSA) is 64.7 Å². The van der Waals surface area contributed by atoms with E-state index >= 15 is 0 Å². The molecule has 0 bridgehead atoms. The summed E-state index contributed by atoms with van der Waals surface area (Å²) in [5.41, 5.74) is 6.23. The smallest absolute Gasteiger partial charge is 0.165 e. The Balaban J connectivity index is 2.49. The molecule has 0 atom stereocenters. The van der Waals surface area contributed by atoms with Crippen molar-refractivity contribution in [2.75, 3.05) is 0 Å². The molecule has 1 aromatic heterocycles. The van der Waals surface area contributed by atoms with Gasteiger partial charge in [0.15, 0.2) is 5.82 Å². The fraction of sp³-hybridized carbons (Fsp3) is 0.100. The third kappa shape index (κ3) is 1.97. The minimum atomic E-state index is -0.332. The number of halogens is 1. The molecule has 0 spiro atoms. The van der Waals surface area contributed by atoms with Gasteiger partial charge in [-0.25, -0.2) is 9.37 Å². The molecule has 0 aliphatic heterocycles. The summed E-state index contributed by atoms with van der Waals surface area (Å²) in [7, 11) is 0. The van der Waals surface area contributed by atoms with Crippen LogP contribution in [0.15, 0.2) is 30.5 Å². The van der Waals surface area contributed by atoms with Crippen LogP contribution in [0.1, 0.15) is 5.82 Å². The molecule has 2 rings (SSSR count). The fourth-order valence-corrected chi connectivity index (χ4v) is 1.23. The Morgan fingerprint density at radius 1 is 1.27 bits per heavy atom.